The third kappa shape index (κ3) is 2.56. The lowest BCUT2D eigenvalue weighted by Crippen LogP contribution is -2.01. The first-order chi connectivity index (χ1) is 10.7. The van der Waals surface area contributed by atoms with Crippen molar-refractivity contribution in [2.24, 2.45) is 0 Å². The standard InChI is InChI=1S/C19H14O3/c20-17-9-5-4-8-15(17)16-12-14(10-11-18(16)21)19(22)13-6-2-1-3-7-13/h1-12,20-21H. The third-order valence-electron chi connectivity index (χ3n) is 3.49. The summed E-state index contributed by atoms with van der Waals surface area (Å²) in [4.78, 5) is 12.5. The van der Waals surface area contributed by atoms with Crippen LogP contribution in [0.1, 0.15) is 15.9 Å². The molecule has 108 valence electrons. The number of ketones is 1. The van der Waals surface area contributed by atoms with Gasteiger partial charge in [0, 0.05) is 22.3 Å². The van der Waals surface area contributed by atoms with Crippen molar-refractivity contribution in [3.63, 3.8) is 0 Å². The van der Waals surface area contributed by atoms with Crippen LogP contribution in [0, 0.1) is 0 Å². The Morgan fingerprint density at radius 1 is 0.636 bits per heavy atom. The molecule has 0 bridgehead atoms. The number of aromatic hydroxyl groups is 2. The molecule has 0 atom stereocenters. The second kappa shape index (κ2) is 5.74. The van der Waals surface area contributed by atoms with Crippen LogP contribution in [0.25, 0.3) is 11.1 Å². The zero-order chi connectivity index (χ0) is 15.5. The van der Waals surface area contributed by atoms with Gasteiger partial charge in [-0.1, -0.05) is 48.5 Å². The molecule has 0 aromatic heterocycles. The number of phenols is 2. The lowest BCUT2D eigenvalue weighted by atomic mass is 9.97. The van der Waals surface area contributed by atoms with Gasteiger partial charge in [0.15, 0.2) is 5.78 Å². The number of carbonyl (C=O) groups is 1. The molecule has 3 heteroatoms. The van der Waals surface area contributed by atoms with E-state index in [4.69, 9.17) is 0 Å². The number of rotatable bonds is 3. The number of carbonyl (C=O) groups excluding carboxylic acids is 1. The van der Waals surface area contributed by atoms with E-state index < -0.39 is 0 Å². The molecule has 0 aliphatic carbocycles. The first-order valence-corrected chi connectivity index (χ1v) is 6.88. The summed E-state index contributed by atoms with van der Waals surface area (Å²) in [6.07, 6.45) is 0. The van der Waals surface area contributed by atoms with Crippen molar-refractivity contribution >= 4 is 5.78 Å². The van der Waals surface area contributed by atoms with E-state index in [2.05, 4.69) is 0 Å². The summed E-state index contributed by atoms with van der Waals surface area (Å²) >= 11 is 0. The van der Waals surface area contributed by atoms with Gasteiger partial charge < -0.3 is 10.2 Å². The predicted molar refractivity (Wildman–Crippen MR) is 85.1 cm³/mol. The van der Waals surface area contributed by atoms with E-state index in [9.17, 15) is 15.0 Å². The predicted octanol–water partition coefficient (Wildman–Crippen LogP) is 4.00. The molecule has 0 aliphatic heterocycles. The molecule has 3 aromatic carbocycles. The normalized spacial score (nSPS) is 10.4. The quantitative estimate of drug-likeness (QED) is 0.717. The summed E-state index contributed by atoms with van der Waals surface area (Å²) in [5.74, 6) is -0.0505. The molecule has 0 radical (unpaired) electrons. The summed E-state index contributed by atoms with van der Waals surface area (Å²) in [6.45, 7) is 0. The van der Waals surface area contributed by atoms with Crippen molar-refractivity contribution in [3.8, 4) is 22.6 Å². The molecule has 3 aromatic rings. The SMILES string of the molecule is O=C(c1ccccc1)c1ccc(O)c(-c2ccccc2O)c1. The van der Waals surface area contributed by atoms with Gasteiger partial charge in [-0.15, -0.1) is 0 Å². The van der Waals surface area contributed by atoms with E-state index in [1.54, 1.807) is 60.7 Å². The molecule has 0 unspecified atom stereocenters. The van der Waals surface area contributed by atoms with Crippen LogP contribution in [0.15, 0.2) is 72.8 Å². The molecular formula is C19H14O3. The summed E-state index contributed by atoms with van der Waals surface area (Å²) in [5.41, 5.74) is 1.96. The van der Waals surface area contributed by atoms with Gasteiger partial charge in [-0.25, -0.2) is 0 Å². The Morgan fingerprint density at radius 3 is 2.00 bits per heavy atom. The van der Waals surface area contributed by atoms with Crippen LogP contribution in [-0.2, 0) is 0 Å². The third-order valence-corrected chi connectivity index (χ3v) is 3.49. The van der Waals surface area contributed by atoms with Crippen molar-refractivity contribution in [2.75, 3.05) is 0 Å². The highest BCUT2D eigenvalue weighted by Crippen LogP contribution is 2.35. The highest BCUT2D eigenvalue weighted by Gasteiger charge is 2.14. The van der Waals surface area contributed by atoms with Crippen molar-refractivity contribution in [1.82, 2.24) is 0 Å². The van der Waals surface area contributed by atoms with Gasteiger partial charge in [0.25, 0.3) is 0 Å². The van der Waals surface area contributed by atoms with Gasteiger partial charge in [-0.05, 0) is 24.3 Å². The Kier molecular flexibility index (Phi) is 3.62. The first-order valence-electron chi connectivity index (χ1n) is 6.88. The monoisotopic (exact) mass is 290 g/mol. The van der Waals surface area contributed by atoms with E-state index >= 15 is 0 Å². The Labute approximate surface area is 128 Å². The van der Waals surface area contributed by atoms with Crippen LogP contribution in [0.4, 0.5) is 0 Å². The van der Waals surface area contributed by atoms with E-state index in [0.29, 0.717) is 22.3 Å². The second-order valence-corrected chi connectivity index (χ2v) is 4.94. The van der Waals surface area contributed by atoms with Gasteiger partial charge >= 0.3 is 0 Å². The molecule has 0 saturated carbocycles. The van der Waals surface area contributed by atoms with E-state index in [0.717, 1.165) is 0 Å². The average Bonchev–Trinajstić information content (AvgIpc) is 2.56. The van der Waals surface area contributed by atoms with Crippen LogP contribution < -0.4 is 0 Å². The Bertz CT molecular complexity index is 823. The molecule has 2 N–H and O–H groups in total. The number of phenolic OH excluding ortho intramolecular Hbond substituents is 2. The van der Waals surface area contributed by atoms with Gasteiger partial charge in [-0.2, -0.15) is 0 Å². The van der Waals surface area contributed by atoms with E-state index in [-0.39, 0.29) is 17.3 Å². The summed E-state index contributed by atoms with van der Waals surface area (Å²) in [7, 11) is 0. The Morgan fingerprint density at radius 2 is 1.27 bits per heavy atom. The maximum Gasteiger partial charge on any atom is 0.193 e. The first kappa shape index (κ1) is 13.9. The molecular weight excluding hydrogens is 276 g/mol. The number of para-hydroxylation sites is 1. The largest absolute Gasteiger partial charge is 0.507 e. The van der Waals surface area contributed by atoms with Crippen molar-refractivity contribution in [1.29, 1.82) is 0 Å². The highest BCUT2D eigenvalue weighted by atomic mass is 16.3. The topological polar surface area (TPSA) is 57.5 Å². The zero-order valence-electron chi connectivity index (χ0n) is 11.7. The summed E-state index contributed by atoms with van der Waals surface area (Å²) in [6, 6.07) is 20.3. The maximum absolute atomic E-state index is 12.5. The molecule has 0 aliphatic rings. The fourth-order valence-corrected chi connectivity index (χ4v) is 2.35. The number of hydrogen-bond acceptors (Lipinski definition) is 3. The van der Waals surface area contributed by atoms with Gasteiger partial charge in [0.05, 0.1) is 0 Å². The molecule has 0 heterocycles. The molecule has 0 amide bonds. The van der Waals surface area contributed by atoms with E-state index in [1.165, 1.54) is 6.07 Å². The van der Waals surface area contributed by atoms with Crippen molar-refractivity contribution < 1.29 is 15.0 Å². The Hall–Kier alpha value is -3.07. The molecule has 0 spiro atoms. The van der Waals surface area contributed by atoms with Gasteiger partial charge in [-0.3, -0.25) is 4.79 Å². The lowest BCUT2D eigenvalue weighted by Gasteiger charge is -2.09. The fourth-order valence-electron chi connectivity index (χ4n) is 2.35. The maximum atomic E-state index is 12.5. The van der Waals surface area contributed by atoms with Crippen LogP contribution in [-0.4, -0.2) is 16.0 Å². The zero-order valence-corrected chi connectivity index (χ0v) is 11.7. The van der Waals surface area contributed by atoms with Gasteiger partial charge in [0.2, 0.25) is 0 Å². The summed E-state index contributed by atoms with van der Waals surface area (Å²) < 4.78 is 0. The van der Waals surface area contributed by atoms with Crippen molar-refractivity contribution in [2.45, 2.75) is 0 Å². The minimum atomic E-state index is -0.128. The number of hydrogen-bond donors (Lipinski definition) is 2. The molecule has 0 fully saturated rings. The van der Waals surface area contributed by atoms with Crippen LogP contribution >= 0.6 is 0 Å². The summed E-state index contributed by atoms with van der Waals surface area (Å²) in [5, 5.41) is 20.0. The van der Waals surface area contributed by atoms with Crippen LogP contribution in [0.5, 0.6) is 11.5 Å². The minimum absolute atomic E-state index is 0.0195. The lowest BCUT2D eigenvalue weighted by molar-refractivity contribution is 0.103. The smallest absolute Gasteiger partial charge is 0.193 e. The molecule has 22 heavy (non-hydrogen) atoms. The van der Waals surface area contributed by atoms with Crippen LogP contribution in [0.2, 0.25) is 0 Å². The molecule has 0 saturated heterocycles. The molecule has 3 rings (SSSR count). The number of benzene rings is 3. The van der Waals surface area contributed by atoms with E-state index in [1.807, 2.05) is 6.07 Å². The molecule has 3 nitrogen and oxygen atoms in total. The second-order valence-electron chi connectivity index (χ2n) is 4.94. The highest BCUT2D eigenvalue weighted by molar-refractivity contribution is 6.09. The fraction of sp³-hybridized carbons (Fsp3) is 0. The van der Waals surface area contributed by atoms with Crippen molar-refractivity contribution in [3.05, 3.63) is 83.9 Å². The average molecular weight is 290 g/mol. The minimum Gasteiger partial charge on any atom is -0.507 e. The van der Waals surface area contributed by atoms with Crippen LogP contribution in [0.3, 0.4) is 0 Å². The van der Waals surface area contributed by atoms with Gasteiger partial charge in [0.1, 0.15) is 11.5 Å². The Balaban J connectivity index is 2.08.